The van der Waals surface area contributed by atoms with Gasteiger partial charge < -0.3 is 15.3 Å². The van der Waals surface area contributed by atoms with Crippen molar-refractivity contribution in [3.8, 4) is 0 Å². The standard InChI is InChI=1S/C22H28N2O2/c1-2-19(16-25)23-14-12-21(26)24-15-13-17-8-6-7-11-20(17)22(24)18-9-4-3-5-10-18/h3-11,19,22-23,25H,2,12-16H2,1H3/t19-,22+/m0/s1. The first kappa shape index (κ1) is 18.6. The van der Waals surface area contributed by atoms with Gasteiger partial charge >= 0.3 is 0 Å². The summed E-state index contributed by atoms with van der Waals surface area (Å²) < 4.78 is 0. The molecule has 0 unspecified atom stereocenters. The van der Waals surface area contributed by atoms with Gasteiger partial charge in [0.2, 0.25) is 5.91 Å². The van der Waals surface area contributed by atoms with Gasteiger partial charge in [-0.1, -0.05) is 61.5 Å². The van der Waals surface area contributed by atoms with Crippen molar-refractivity contribution in [3.63, 3.8) is 0 Å². The van der Waals surface area contributed by atoms with Crippen LogP contribution in [0.25, 0.3) is 0 Å². The second-order valence-electron chi connectivity index (χ2n) is 6.84. The van der Waals surface area contributed by atoms with Crippen LogP contribution in [-0.2, 0) is 11.2 Å². The highest BCUT2D eigenvalue weighted by Crippen LogP contribution is 2.35. The number of aliphatic hydroxyl groups excluding tert-OH is 1. The van der Waals surface area contributed by atoms with Crippen LogP contribution >= 0.6 is 0 Å². The molecule has 0 fully saturated rings. The minimum atomic E-state index is -0.0199. The molecule has 3 rings (SSSR count). The van der Waals surface area contributed by atoms with E-state index in [1.54, 1.807) is 0 Å². The molecule has 138 valence electrons. The number of hydrogen-bond acceptors (Lipinski definition) is 3. The predicted molar refractivity (Wildman–Crippen MR) is 104 cm³/mol. The van der Waals surface area contributed by atoms with Gasteiger partial charge in [-0.2, -0.15) is 0 Å². The third kappa shape index (κ3) is 4.14. The number of carbonyl (C=O) groups is 1. The van der Waals surface area contributed by atoms with Gasteiger partial charge in [0, 0.05) is 25.6 Å². The first-order valence-corrected chi connectivity index (χ1v) is 9.51. The largest absolute Gasteiger partial charge is 0.395 e. The lowest BCUT2D eigenvalue weighted by molar-refractivity contribution is -0.133. The molecule has 2 aromatic carbocycles. The van der Waals surface area contributed by atoms with E-state index >= 15 is 0 Å². The summed E-state index contributed by atoms with van der Waals surface area (Å²) in [6.07, 6.45) is 2.20. The maximum atomic E-state index is 13.0. The Morgan fingerprint density at radius 2 is 1.92 bits per heavy atom. The fourth-order valence-electron chi connectivity index (χ4n) is 3.69. The molecular weight excluding hydrogens is 324 g/mol. The van der Waals surface area contributed by atoms with Crippen LogP contribution in [0, 0.1) is 0 Å². The molecule has 1 amide bonds. The van der Waals surface area contributed by atoms with Crippen LogP contribution in [0.2, 0.25) is 0 Å². The Hall–Kier alpha value is -2.17. The van der Waals surface area contributed by atoms with Crippen LogP contribution in [0.3, 0.4) is 0 Å². The van der Waals surface area contributed by atoms with Crippen LogP contribution in [0.4, 0.5) is 0 Å². The first-order chi connectivity index (χ1) is 12.7. The Morgan fingerprint density at radius 1 is 1.19 bits per heavy atom. The number of aliphatic hydroxyl groups is 1. The van der Waals surface area contributed by atoms with Crippen molar-refractivity contribution in [2.75, 3.05) is 19.7 Å². The van der Waals surface area contributed by atoms with Gasteiger partial charge in [-0.15, -0.1) is 0 Å². The molecule has 4 nitrogen and oxygen atoms in total. The van der Waals surface area contributed by atoms with Crippen LogP contribution in [0.1, 0.15) is 42.5 Å². The van der Waals surface area contributed by atoms with Crippen LogP contribution < -0.4 is 5.32 Å². The minimum Gasteiger partial charge on any atom is -0.395 e. The second kappa shape index (κ2) is 8.97. The van der Waals surface area contributed by atoms with E-state index in [1.165, 1.54) is 11.1 Å². The molecular formula is C22H28N2O2. The van der Waals surface area contributed by atoms with E-state index in [0.717, 1.165) is 24.9 Å². The maximum absolute atomic E-state index is 13.0. The normalized spacial score (nSPS) is 17.6. The lowest BCUT2D eigenvalue weighted by Crippen LogP contribution is -2.42. The first-order valence-electron chi connectivity index (χ1n) is 9.51. The van der Waals surface area contributed by atoms with Crippen molar-refractivity contribution < 1.29 is 9.90 Å². The quantitative estimate of drug-likeness (QED) is 0.806. The summed E-state index contributed by atoms with van der Waals surface area (Å²) in [4.78, 5) is 15.0. The molecule has 0 saturated carbocycles. The Morgan fingerprint density at radius 3 is 2.65 bits per heavy atom. The highest BCUT2D eigenvalue weighted by atomic mass is 16.3. The van der Waals surface area contributed by atoms with Gasteiger partial charge in [0.05, 0.1) is 12.6 Å². The number of hydrogen-bond donors (Lipinski definition) is 2. The Balaban J connectivity index is 1.78. The SMILES string of the molecule is CC[C@@H](CO)NCCC(=O)N1CCc2ccccc2[C@H]1c1ccccc1. The molecule has 2 aromatic rings. The molecule has 2 N–H and O–H groups in total. The summed E-state index contributed by atoms with van der Waals surface area (Å²) in [6.45, 7) is 3.47. The molecule has 26 heavy (non-hydrogen) atoms. The van der Waals surface area contributed by atoms with Crippen molar-refractivity contribution >= 4 is 5.91 Å². The monoisotopic (exact) mass is 352 g/mol. The van der Waals surface area contributed by atoms with Gasteiger partial charge in [0.25, 0.3) is 0 Å². The van der Waals surface area contributed by atoms with E-state index in [1.807, 2.05) is 30.0 Å². The topological polar surface area (TPSA) is 52.6 Å². The van der Waals surface area contributed by atoms with Crippen LogP contribution in [-0.4, -0.2) is 41.7 Å². The predicted octanol–water partition coefficient (Wildman–Crippen LogP) is 2.91. The van der Waals surface area contributed by atoms with Crippen molar-refractivity contribution in [2.24, 2.45) is 0 Å². The average Bonchev–Trinajstić information content (AvgIpc) is 2.71. The second-order valence-corrected chi connectivity index (χ2v) is 6.84. The summed E-state index contributed by atoms with van der Waals surface area (Å²) in [7, 11) is 0. The third-order valence-electron chi connectivity index (χ3n) is 5.20. The molecule has 0 aromatic heterocycles. The number of amides is 1. The highest BCUT2D eigenvalue weighted by Gasteiger charge is 2.31. The molecule has 1 heterocycles. The number of fused-ring (bicyclic) bond motifs is 1. The zero-order valence-corrected chi connectivity index (χ0v) is 15.4. The zero-order chi connectivity index (χ0) is 18.4. The van der Waals surface area contributed by atoms with Crippen LogP contribution in [0.15, 0.2) is 54.6 Å². The molecule has 0 bridgehead atoms. The molecule has 0 spiro atoms. The molecule has 1 aliphatic rings. The van der Waals surface area contributed by atoms with Gasteiger partial charge in [-0.05, 0) is 29.5 Å². The molecule has 0 aliphatic carbocycles. The average molecular weight is 352 g/mol. The van der Waals surface area contributed by atoms with Gasteiger partial charge in [0.15, 0.2) is 0 Å². The fraction of sp³-hybridized carbons (Fsp3) is 0.409. The Kier molecular flexibility index (Phi) is 6.42. The maximum Gasteiger partial charge on any atom is 0.224 e. The van der Waals surface area contributed by atoms with E-state index in [-0.39, 0.29) is 24.6 Å². The number of rotatable bonds is 7. The number of nitrogens with zero attached hydrogens (tertiary/aromatic N) is 1. The lowest BCUT2D eigenvalue weighted by atomic mass is 9.88. The molecule has 2 atom stereocenters. The van der Waals surface area contributed by atoms with Crippen molar-refractivity contribution in [3.05, 3.63) is 71.3 Å². The minimum absolute atomic E-state index is 0.0199. The lowest BCUT2D eigenvalue weighted by Gasteiger charge is -2.38. The van der Waals surface area contributed by atoms with Gasteiger partial charge in [-0.25, -0.2) is 0 Å². The van der Waals surface area contributed by atoms with E-state index in [4.69, 9.17) is 0 Å². The van der Waals surface area contributed by atoms with E-state index in [0.29, 0.717) is 13.0 Å². The van der Waals surface area contributed by atoms with Gasteiger partial charge in [-0.3, -0.25) is 4.79 Å². The van der Waals surface area contributed by atoms with Crippen molar-refractivity contribution in [1.82, 2.24) is 10.2 Å². The smallest absolute Gasteiger partial charge is 0.224 e. The van der Waals surface area contributed by atoms with Gasteiger partial charge in [0.1, 0.15) is 0 Å². The Labute approximate surface area is 155 Å². The summed E-state index contributed by atoms with van der Waals surface area (Å²) in [6, 6.07) is 18.8. The summed E-state index contributed by atoms with van der Waals surface area (Å²) in [5.74, 6) is 0.161. The number of nitrogens with one attached hydrogen (secondary N) is 1. The summed E-state index contributed by atoms with van der Waals surface area (Å²) >= 11 is 0. The molecule has 4 heteroatoms. The highest BCUT2D eigenvalue weighted by molar-refractivity contribution is 5.78. The van der Waals surface area contributed by atoms with E-state index < -0.39 is 0 Å². The fourth-order valence-corrected chi connectivity index (χ4v) is 3.69. The Bertz CT molecular complexity index is 713. The molecule has 0 radical (unpaired) electrons. The number of benzene rings is 2. The third-order valence-corrected chi connectivity index (χ3v) is 5.20. The summed E-state index contributed by atoms with van der Waals surface area (Å²) in [5, 5.41) is 12.5. The van der Waals surface area contributed by atoms with Crippen LogP contribution in [0.5, 0.6) is 0 Å². The molecule has 1 aliphatic heterocycles. The zero-order valence-electron chi connectivity index (χ0n) is 15.4. The van der Waals surface area contributed by atoms with E-state index in [2.05, 4.69) is 41.7 Å². The molecule has 0 saturated heterocycles. The van der Waals surface area contributed by atoms with E-state index in [9.17, 15) is 9.90 Å². The van der Waals surface area contributed by atoms with Crippen molar-refractivity contribution in [2.45, 2.75) is 38.3 Å². The number of carbonyl (C=O) groups excluding carboxylic acids is 1. The van der Waals surface area contributed by atoms with Crippen molar-refractivity contribution in [1.29, 1.82) is 0 Å². The summed E-state index contributed by atoms with van der Waals surface area (Å²) in [5.41, 5.74) is 3.71.